The Bertz CT molecular complexity index is 528. The molecule has 6 heteroatoms. The summed E-state index contributed by atoms with van der Waals surface area (Å²) in [5.74, 6) is 0.0249. The third kappa shape index (κ3) is 4.83. The third-order valence-corrected chi connectivity index (χ3v) is 5.24. The number of piperidine rings is 1. The van der Waals surface area contributed by atoms with Gasteiger partial charge in [-0.15, -0.1) is 12.4 Å². The highest BCUT2D eigenvalue weighted by Crippen LogP contribution is 2.29. The van der Waals surface area contributed by atoms with Crippen LogP contribution in [0, 0.1) is 0 Å². The Labute approximate surface area is 149 Å². The summed E-state index contributed by atoms with van der Waals surface area (Å²) < 4.78 is 0. The zero-order valence-corrected chi connectivity index (χ0v) is 15.0. The number of carbonyl (C=O) groups is 1. The van der Waals surface area contributed by atoms with E-state index in [1.807, 2.05) is 18.2 Å². The van der Waals surface area contributed by atoms with Gasteiger partial charge in [-0.3, -0.25) is 4.79 Å². The molecule has 2 heterocycles. The van der Waals surface area contributed by atoms with E-state index in [4.69, 9.17) is 11.6 Å². The largest absolute Gasteiger partial charge is 0.325 e. The van der Waals surface area contributed by atoms with Gasteiger partial charge in [0.2, 0.25) is 5.91 Å². The van der Waals surface area contributed by atoms with Crippen LogP contribution >= 0.6 is 24.0 Å². The van der Waals surface area contributed by atoms with Crippen LogP contribution in [0.3, 0.4) is 0 Å². The van der Waals surface area contributed by atoms with E-state index in [1.165, 1.54) is 25.7 Å². The van der Waals surface area contributed by atoms with Crippen LogP contribution < -0.4 is 10.6 Å². The number of halogens is 2. The first-order chi connectivity index (χ1) is 10.6. The van der Waals surface area contributed by atoms with Gasteiger partial charge in [-0.1, -0.05) is 23.7 Å². The molecule has 4 nitrogen and oxygen atoms in total. The Kier molecular flexibility index (Phi) is 6.72. The van der Waals surface area contributed by atoms with Crippen LogP contribution in [0.15, 0.2) is 24.3 Å². The van der Waals surface area contributed by atoms with E-state index in [9.17, 15) is 4.79 Å². The van der Waals surface area contributed by atoms with Crippen molar-refractivity contribution < 1.29 is 4.79 Å². The van der Waals surface area contributed by atoms with Gasteiger partial charge < -0.3 is 15.5 Å². The molecule has 1 aromatic rings. The summed E-state index contributed by atoms with van der Waals surface area (Å²) in [7, 11) is 2.14. The van der Waals surface area contributed by atoms with Crippen molar-refractivity contribution in [3.05, 3.63) is 29.3 Å². The van der Waals surface area contributed by atoms with Crippen LogP contribution in [0.25, 0.3) is 0 Å². The molecule has 0 aromatic heterocycles. The lowest BCUT2D eigenvalue weighted by atomic mass is 9.98. The fraction of sp³-hybridized carbons (Fsp3) is 0.588. The maximum Gasteiger partial charge on any atom is 0.225 e. The molecule has 2 saturated heterocycles. The maximum atomic E-state index is 12.1. The first-order valence-corrected chi connectivity index (χ1v) is 8.50. The van der Waals surface area contributed by atoms with Crippen LogP contribution in [0.2, 0.25) is 5.02 Å². The second-order valence-electron chi connectivity index (χ2n) is 6.52. The number of para-hydroxylation sites is 1. The van der Waals surface area contributed by atoms with Crippen LogP contribution in [0.4, 0.5) is 5.69 Å². The van der Waals surface area contributed by atoms with Gasteiger partial charge in [0.15, 0.2) is 0 Å². The number of hydrogen-bond donors (Lipinski definition) is 2. The molecule has 2 N–H and O–H groups in total. The monoisotopic (exact) mass is 357 g/mol. The Hall–Kier alpha value is -0.810. The predicted octanol–water partition coefficient (Wildman–Crippen LogP) is 3.31. The molecule has 23 heavy (non-hydrogen) atoms. The molecule has 128 valence electrons. The van der Waals surface area contributed by atoms with Gasteiger partial charge >= 0.3 is 0 Å². The van der Waals surface area contributed by atoms with E-state index in [1.54, 1.807) is 6.07 Å². The number of amides is 1. The van der Waals surface area contributed by atoms with Crippen LogP contribution in [-0.4, -0.2) is 42.5 Å². The van der Waals surface area contributed by atoms with Gasteiger partial charge in [0.05, 0.1) is 10.7 Å². The summed E-state index contributed by atoms with van der Waals surface area (Å²) in [6.45, 7) is 0.792. The van der Waals surface area contributed by atoms with Crippen LogP contribution in [0.1, 0.15) is 32.1 Å². The van der Waals surface area contributed by atoms with Crippen molar-refractivity contribution in [1.29, 1.82) is 0 Å². The van der Waals surface area contributed by atoms with Crippen LogP contribution in [0.5, 0.6) is 0 Å². The molecular formula is C17H25Cl2N3O. The number of fused-ring (bicyclic) bond motifs is 2. The lowest BCUT2D eigenvalue weighted by Gasteiger charge is -2.35. The van der Waals surface area contributed by atoms with Crippen molar-refractivity contribution in [3.8, 4) is 0 Å². The predicted molar refractivity (Wildman–Crippen MR) is 97.5 cm³/mol. The summed E-state index contributed by atoms with van der Waals surface area (Å²) in [5, 5.41) is 7.13. The minimum Gasteiger partial charge on any atom is -0.325 e. The smallest absolute Gasteiger partial charge is 0.225 e. The molecule has 2 fully saturated rings. The summed E-state index contributed by atoms with van der Waals surface area (Å²) >= 11 is 6.06. The van der Waals surface area contributed by atoms with Crippen LogP contribution in [-0.2, 0) is 4.79 Å². The molecule has 0 saturated carbocycles. The van der Waals surface area contributed by atoms with Gasteiger partial charge in [0, 0.05) is 31.1 Å². The lowest BCUT2D eigenvalue weighted by molar-refractivity contribution is -0.116. The average Bonchev–Trinajstić information content (AvgIpc) is 2.85. The minimum atomic E-state index is 0. The minimum absolute atomic E-state index is 0. The zero-order chi connectivity index (χ0) is 15.5. The fourth-order valence-electron chi connectivity index (χ4n) is 3.62. The van der Waals surface area contributed by atoms with Gasteiger partial charge in [-0.2, -0.15) is 0 Å². The molecule has 2 atom stereocenters. The normalized spacial score (nSPS) is 26.0. The number of carbonyl (C=O) groups excluding carboxylic acids is 1. The van der Waals surface area contributed by atoms with Gasteiger partial charge in [0.1, 0.15) is 0 Å². The number of hydrogen-bond acceptors (Lipinski definition) is 3. The molecule has 2 aliphatic heterocycles. The molecular weight excluding hydrogens is 333 g/mol. The van der Waals surface area contributed by atoms with Gasteiger partial charge in [0.25, 0.3) is 0 Å². The lowest BCUT2D eigenvalue weighted by Crippen LogP contribution is -2.47. The SMILES string of the molecule is CN(CCC(=O)Nc1ccccc1Cl)C1CC2CCC(C1)N2.Cl. The van der Waals surface area contributed by atoms with E-state index in [2.05, 4.69) is 22.6 Å². The van der Waals surface area contributed by atoms with E-state index in [0.717, 1.165) is 6.54 Å². The third-order valence-electron chi connectivity index (χ3n) is 4.91. The molecule has 2 bridgehead atoms. The quantitative estimate of drug-likeness (QED) is 0.849. The summed E-state index contributed by atoms with van der Waals surface area (Å²) in [6, 6.07) is 9.32. The van der Waals surface area contributed by atoms with Crippen molar-refractivity contribution in [2.24, 2.45) is 0 Å². The maximum absolute atomic E-state index is 12.1. The molecule has 0 radical (unpaired) electrons. The Morgan fingerprint density at radius 1 is 1.30 bits per heavy atom. The first kappa shape index (κ1) is 18.5. The average molecular weight is 358 g/mol. The number of nitrogens with one attached hydrogen (secondary N) is 2. The van der Waals surface area contributed by atoms with Crippen molar-refractivity contribution in [3.63, 3.8) is 0 Å². The van der Waals surface area contributed by atoms with Gasteiger partial charge in [-0.05, 0) is 44.9 Å². The first-order valence-electron chi connectivity index (χ1n) is 8.12. The van der Waals surface area contributed by atoms with Gasteiger partial charge in [-0.25, -0.2) is 0 Å². The molecule has 0 spiro atoms. The second kappa shape index (κ2) is 8.34. The molecule has 2 unspecified atom stereocenters. The number of anilines is 1. The summed E-state index contributed by atoms with van der Waals surface area (Å²) in [5.41, 5.74) is 0.691. The summed E-state index contributed by atoms with van der Waals surface area (Å²) in [6.07, 6.45) is 5.53. The summed E-state index contributed by atoms with van der Waals surface area (Å²) in [4.78, 5) is 14.4. The second-order valence-corrected chi connectivity index (χ2v) is 6.93. The topological polar surface area (TPSA) is 44.4 Å². The van der Waals surface area contributed by atoms with E-state index in [-0.39, 0.29) is 18.3 Å². The van der Waals surface area contributed by atoms with E-state index >= 15 is 0 Å². The highest BCUT2D eigenvalue weighted by Gasteiger charge is 2.34. The highest BCUT2D eigenvalue weighted by molar-refractivity contribution is 6.33. The molecule has 3 rings (SSSR count). The van der Waals surface area contributed by atoms with Crippen molar-refractivity contribution in [2.75, 3.05) is 18.9 Å². The van der Waals surface area contributed by atoms with Crippen molar-refractivity contribution in [1.82, 2.24) is 10.2 Å². The molecule has 1 amide bonds. The van der Waals surface area contributed by atoms with E-state index in [0.29, 0.717) is 35.3 Å². The molecule has 2 aliphatic rings. The fourth-order valence-corrected chi connectivity index (χ4v) is 3.81. The Morgan fingerprint density at radius 2 is 1.96 bits per heavy atom. The number of rotatable bonds is 5. The zero-order valence-electron chi connectivity index (χ0n) is 13.4. The Morgan fingerprint density at radius 3 is 2.61 bits per heavy atom. The highest BCUT2D eigenvalue weighted by atomic mass is 35.5. The van der Waals surface area contributed by atoms with Crippen molar-refractivity contribution in [2.45, 2.75) is 50.2 Å². The Balaban J connectivity index is 0.00000192. The van der Waals surface area contributed by atoms with Crippen molar-refractivity contribution >= 4 is 35.6 Å². The number of benzene rings is 1. The number of nitrogens with zero attached hydrogens (tertiary/aromatic N) is 1. The molecule has 1 aromatic carbocycles. The van der Waals surface area contributed by atoms with E-state index < -0.39 is 0 Å². The standard InChI is InChI=1S/C17H24ClN3O.ClH/c1-21(14-10-12-6-7-13(11-14)19-12)9-8-17(22)20-16-5-3-2-4-15(16)18;/h2-5,12-14,19H,6-11H2,1H3,(H,20,22);1H. The molecule has 0 aliphatic carbocycles.